The Morgan fingerprint density at radius 3 is 1.16 bits per heavy atom. The van der Waals surface area contributed by atoms with E-state index in [4.69, 9.17) is 11.6 Å². The average Bonchev–Trinajstić information content (AvgIpc) is 2.82. The highest BCUT2D eigenvalue weighted by Gasteiger charge is 2.30. The maximum absolute atomic E-state index is 7.25. The van der Waals surface area contributed by atoms with Crippen molar-refractivity contribution in [1.29, 1.82) is 0 Å². The van der Waals surface area contributed by atoms with Gasteiger partial charge in [-0.3, -0.25) is 0 Å². The molecule has 0 aliphatic heterocycles. The molecule has 0 aliphatic rings. The van der Waals surface area contributed by atoms with E-state index in [2.05, 4.69) is 67.6 Å². The molecule has 172 valence electrons. The monoisotopic (exact) mass is 440 g/mol. The van der Waals surface area contributed by atoms with Crippen molar-refractivity contribution in [2.24, 2.45) is 0 Å². The first-order chi connectivity index (χ1) is 15.3. The maximum Gasteiger partial charge on any atom is 0.0944 e. The third kappa shape index (κ3) is 10.3. The number of hydrogen-bond donors (Lipinski definition) is 0. The van der Waals surface area contributed by atoms with Gasteiger partial charge in [0.25, 0.3) is 0 Å². The number of alkyl halides is 1. The Morgan fingerprint density at radius 1 is 0.484 bits per heavy atom. The zero-order valence-electron chi connectivity index (χ0n) is 20.0. The Labute approximate surface area is 197 Å². The van der Waals surface area contributed by atoms with Crippen LogP contribution in [0.1, 0.15) is 121 Å². The maximum atomic E-state index is 7.25. The van der Waals surface area contributed by atoms with Gasteiger partial charge in [-0.15, -0.1) is 11.6 Å². The second-order valence-corrected chi connectivity index (χ2v) is 9.88. The van der Waals surface area contributed by atoms with E-state index in [1.807, 2.05) is 0 Å². The molecule has 0 bridgehead atoms. The van der Waals surface area contributed by atoms with Crippen molar-refractivity contribution in [2.75, 3.05) is 0 Å². The van der Waals surface area contributed by atoms with Gasteiger partial charge in [0.15, 0.2) is 0 Å². The van der Waals surface area contributed by atoms with E-state index in [1.54, 1.807) is 0 Å². The minimum absolute atomic E-state index is 0.404. The molecule has 2 aromatic rings. The Bertz CT molecular complexity index is 609. The molecule has 0 amide bonds. The first-order valence-corrected chi connectivity index (χ1v) is 13.4. The van der Waals surface area contributed by atoms with Crippen LogP contribution in [0.25, 0.3) is 0 Å². The van der Waals surface area contributed by atoms with Crippen LogP contribution in [0.5, 0.6) is 0 Å². The molecule has 0 nitrogen and oxygen atoms in total. The van der Waals surface area contributed by atoms with Crippen LogP contribution in [0.2, 0.25) is 0 Å². The smallest absolute Gasteiger partial charge is 0.0944 e. The van der Waals surface area contributed by atoms with E-state index in [1.165, 1.54) is 107 Å². The van der Waals surface area contributed by atoms with E-state index >= 15 is 0 Å². The fraction of sp³-hybridized carbons (Fsp3) is 0.600. The topological polar surface area (TPSA) is 0 Å². The summed E-state index contributed by atoms with van der Waals surface area (Å²) in [4.78, 5) is -0.404. The summed E-state index contributed by atoms with van der Waals surface area (Å²) >= 11 is 7.25. The van der Waals surface area contributed by atoms with Crippen molar-refractivity contribution in [3.05, 3.63) is 71.8 Å². The fourth-order valence-electron chi connectivity index (χ4n) is 4.60. The SMILES string of the molecule is CCCCCCCCCCCCCCCCCC(Cl)(c1ccccc1)c1ccccc1. The standard InChI is InChI=1S/C30H45Cl/c1-2-3-4-5-6-7-8-9-10-11-12-13-14-15-22-27-30(31,28-23-18-16-19-24-28)29-25-20-17-21-26-29/h16-21,23-26H,2-15,22,27H2,1H3. The van der Waals surface area contributed by atoms with Crippen molar-refractivity contribution < 1.29 is 0 Å². The summed E-state index contributed by atoms with van der Waals surface area (Å²) in [5.41, 5.74) is 2.43. The third-order valence-corrected chi connectivity index (χ3v) is 7.21. The number of unbranched alkanes of at least 4 members (excludes halogenated alkanes) is 14. The number of halogens is 1. The summed E-state index contributed by atoms with van der Waals surface area (Å²) in [6, 6.07) is 21.2. The molecule has 0 heterocycles. The van der Waals surface area contributed by atoms with E-state index in [0.717, 1.165) is 6.42 Å². The van der Waals surface area contributed by atoms with E-state index in [9.17, 15) is 0 Å². The summed E-state index contributed by atoms with van der Waals surface area (Å²) < 4.78 is 0. The van der Waals surface area contributed by atoms with Gasteiger partial charge < -0.3 is 0 Å². The highest BCUT2D eigenvalue weighted by molar-refractivity contribution is 6.26. The van der Waals surface area contributed by atoms with Gasteiger partial charge >= 0.3 is 0 Å². The van der Waals surface area contributed by atoms with Crippen LogP contribution >= 0.6 is 11.6 Å². The molecule has 0 spiro atoms. The number of hydrogen-bond acceptors (Lipinski definition) is 0. The van der Waals surface area contributed by atoms with Gasteiger partial charge in [-0.2, -0.15) is 0 Å². The van der Waals surface area contributed by atoms with Crippen LogP contribution < -0.4 is 0 Å². The van der Waals surface area contributed by atoms with Crippen LogP contribution in [-0.2, 0) is 4.87 Å². The molecule has 0 saturated heterocycles. The Balaban J connectivity index is 1.56. The molecule has 0 N–H and O–H groups in total. The molecular weight excluding hydrogens is 396 g/mol. The Kier molecular flexibility index (Phi) is 13.7. The molecule has 0 atom stereocenters. The summed E-state index contributed by atoms with van der Waals surface area (Å²) in [7, 11) is 0. The molecule has 0 unspecified atom stereocenters. The second kappa shape index (κ2) is 16.4. The highest BCUT2D eigenvalue weighted by Crippen LogP contribution is 2.41. The van der Waals surface area contributed by atoms with E-state index in [-0.39, 0.29) is 0 Å². The molecule has 0 aromatic heterocycles. The van der Waals surface area contributed by atoms with Gasteiger partial charge in [-0.05, 0) is 17.5 Å². The minimum Gasteiger partial charge on any atom is -0.109 e. The predicted octanol–water partition coefficient (Wildman–Crippen LogP) is 10.4. The van der Waals surface area contributed by atoms with Gasteiger partial charge in [0.05, 0.1) is 4.87 Å². The Hall–Kier alpha value is -1.27. The lowest BCUT2D eigenvalue weighted by atomic mass is 9.85. The molecular formula is C30H45Cl. The molecule has 1 heteroatoms. The third-order valence-electron chi connectivity index (χ3n) is 6.59. The number of rotatable bonds is 18. The van der Waals surface area contributed by atoms with Crippen LogP contribution in [0.15, 0.2) is 60.7 Å². The van der Waals surface area contributed by atoms with Crippen molar-refractivity contribution in [3.63, 3.8) is 0 Å². The lowest BCUT2D eigenvalue weighted by Gasteiger charge is -2.28. The number of benzene rings is 2. The predicted molar refractivity (Wildman–Crippen MR) is 139 cm³/mol. The fourth-order valence-corrected chi connectivity index (χ4v) is 4.99. The zero-order chi connectivity index (χ0) is 22.0. The molecule has 0 aliphatic carbocycles. The highest BCUT2D eigenvalue weighted by atomic mass is 35.5. The molecule has 0 fully saturated rings. The van der Waals surface area contributed by atoms with Gasteiger partial charge in [-0.25, -0.2) is 0 Å². The van der Waals surface area contributed by atoms with Crippen LogP contribution in [0.3, 0.4) is 0 Å². The largest absolute Gasteiger partial charge is 0.109 e. The summed E-state index contributed by atoms with van der Waals surface area (Å²) in [5, 5.41) is 0. The normalized spacial score (nSPS) is 11.7. The Morgan fingerprint density at radius 2 is 0.806 bits per heavy atom. The van der Waals surface area contributed by atoms with Crippen LogP contribution in [-0.4, -0.2) is 0 Å². The van der Waals surface area contributed by atoms with E-state index < -0.39 is 4.87 Å². The molecule has 31 heavy (non-hydrogen) atoms. The summed E-state index contributed by atoms with van der Waals surface area (Å²) in [5.74, 6) is 0. The van der Waals surface area contributed by atoms with Crippen molar-refractivity contribution in [2.45, 2.75) is 115 Å². The van der Waals surface area contributed by atoms with Crippen molar-refractivity contribution >= 4 is 11.6 Å². The van der Waals surface area contributed by atoms with E-state index in [0.29, 0.717) is 0 Å². The summed E-state index contributed by atoms with van der Waals surface area (Å²) in [6.45, 7) is 2.29. The van der Waals surface area contributed by atoms with Crippen LogP contribution in [0, 0.1) is 0 Å². The second-order valence-electron chi connectivity index (χ2n) is 9.23. The lowest BCUT2D eigenvalue weighted by Crippen LogP contribution is -2.20. The first kappa shape index (κ1) is 26.0. The molecule has 2 rings (SSSR count). The van der Waals surface area contributed by atoms with Gasteiger partial charge in [0.1, 0.15) is 0 Å². The quantitative estimate of drug-likeness (QED) is 0.159. The van der Waals surface area contributed by atoms with Crippen molar-refractivity contribution in [3.8, 4) is 0 Å². The zero-order valence-corrected chi connectivity index (χ0v) is 20.7. The molecule has 0 radical (unpaired) electrons. The van der Waals surface area contributed by atoms with Gasteiger partial charge in [0.2, 0.25) is 0 Å². The van der Waals surface area contributed by atoms with Crippen molar-refractivity contribution in [1.82, 2.24) is 0 Å². The first-order valence-electron chi connectivity index (χ1n) is 13.1. The molecule has 2 aromatic carbocycles. The van der Waals surface area contributed by atoms with Gasteiger partial charge in [-0.1, -0.05) is 164 Å². The average molecular weight is 441 g/mol. The van der Waals surface area contributed by atoms with Gasteiger partial charge in [0, 0.05) is 0 Å². The molecule has 0 saturated carbocycles. The van der Waals surface area contributed by atoms with Crippen LogP contribution in [0.4, 0.5) is 0 Å². The lowest BCUT2D eigenvalue weighted by molar-refractivity contribution is 0.518. The minimum atomic E-state index is -0.404. The summed E-state index contributed by atoms with van der Waals surface area (Å²) in [6.07, 6.45) is 21.9.